The molecule has 0 aliphatic heterocycles. The van der Waals surface area contributed by atoms with Crippen molar-refractivity contribution in [3.63, 3.8) is 0 Å². The molecule has 0 amide bonds. The number of aromatic nitrogens is 5. The number of nitrogens with one attached hydrogen (secondary N) is 2. The molecule has 0 fully saturated rings. The molecule has 0 spiro atoms. The zero-order valence-electron chi connectivity index (χ0n) is 10.9. The van der Waals surface area contributed by atoms with Gasteiger partial charge in [-0.2, -0.15) is 5.10 Å². The van der Waals surface area contributed by atoms with Crippen molar-refractivity contribution in [1.82, 2.24) is 25.1 Å². The van der Waals surface area contributed by atoms with Crippen LogP contribution in [0, 0.1) is 0 Å². The summed E-state index contributed by atoms with van der Waals surface area (Å²) in [4.78, 5) is 12.7. The number of hydrogen-bond acceptors (Lipinski definition) is 5. The van der Waals surface area contributed by atoms with Crippen LogP contribution in [0.2, 0.25) is 5.15 Å². The number of nitrogens with zero attached hydrogens (tertiary/aromatic N) is 4. The average Bonchev–Trinajstić information content (AvgIpc) is 2.87. The molecular formula is C12H17ClN6. The SMILES string of the molecule is CCCc1nc(Cl)cc(NCCCc2ncn[nH]2)n1. The first kappa shape index (κ1) is 13.7. The number of anilines is 1. The van der Waals surface area contributed by atoms with Gasteiger partial charge < -0.3 is 5.32 Å². The summed E-state index contributed by atoms with van der Waals surface area (Å²) in [5.74, 6) is 2.46. The van der Waals surface area contributed by atoms with Gasteiger partial charge in [-0.05, 0) is 12.8 Å². The summed E-state index contributed by atoms with van der Waals surface area (Å²) in [5.41, 5.74) is 0. The van der Waals surface area contributed by atoms with Crippen LogP contribution >= 0.6 is 11.6 Å². The Bertz CT molecular complexity index is 499. The number of H-pyrrole nitrogens is 1. The highest BCUT2D eigenvalue weighted by Gasteiger charge is 2.02. The monoisotopic (exact) mass is 280 g/mol. The third-order valence-corrected chi connectivity index (χ3v) is 2.77. The normalized spacial score (nSPS) is 10.6. The second-order valence-corrected chi connectivity index (χ2v) is 4.59. The summed E-state index contributed by atoms with van der Waals surface area (Å²) in [6, 6.07) is 1.75. The molecule has 0 bridgehead atoms. The van der Waals surface area contributed by atoms with E-state index < -0.39 is 0 Å². The smallest absolute Gasteiger partial charge is 0.137 e. The Morgan fingerprint density at radius 3 is 2.95 bits per heavy atom. The van der Waals surface area contributed by atoms with Crippen LogP contribution in [-0.2, 0) is 12.8 Å². The van der Waals surface area contributed by atoms with E-state index in [2.05, 4.69) is 37.4 Å². The van der Waals surface area contributed by atoms with Crippen LogP contribution in [0.5, 0.6) is 0 Å². The van der Waals surface area contributed by atoms with Gasteiger partial charge in [-0.15, -0.1) is 0 Å². The lowest BCUT2D eigenvalue weighted by Crippen LogP contribution is -2.07. The van der Waals surface area contributed by atoms with Crippen LogP contribution in [0.25, 0.3) is 0 Å². The van der Waals surface area contributed by atoms with E-state index in [1.54, 1.807) is 6.07 Å². The minimum Gasteiger partial charge on any atom is -0.370 e. The van der Waals surface area contributed by atoms with Crippen LogP contribution in [-0.4, -0.2) is 31.7 Å². The van der Waals surface area contributed by atoms with Crippen molar-refractivity contribution < 1.29 is 0 Å². The molecule has 6 nitrogen and oxygen atoms in total. The second-order valence-electron chi connectivity index (χ2n) is 4.20. The van der Waals surface area contributed by atoms with Crippen LogP contribution in [0.4, 0.5) is 5.82 Å². The van der Waals surface area contributed by atoms with Crippen molar-refractivity contribution in [1.29, 1.82) is 0 Å². The molecule has 0 aliphatic rings. The zero-order chi connectivity index (χ0) is 13.5. The Morgan fingerprint density at radius 2 is 2.21 bits per heavy atom. The van der Waals surface area contributed by atoms with E-state index in [-0.39, 0.29) is 0 Å². The molecule has 2 rings (SSSR count). The van der Waals surface area contributed by atoms with Crippen molar-refractivity contribution in [3.8, 4) is 0 Å². The molecule has 7 heteroatoms. The first-order chi connectivity index (χ1) is 9.28. The molecule has 0 atom stereocenters. The number of aryl methyl sites for hydroxylation is 2. The molecule has 0 aliphatic carbocycles. The maximum atomic E-state index is 5.97. The van der Waals surface area contributed by atoms with Gasteiger partial charge in [-0.25, -0.2) is 15.0 Å². The Kier molecular flexibility index (Phi) is 5.09. The van der Waals surface area contributed by atoms with Gasteiger partial charge >= 0.3 is 0 Å². The van der Waals surface area contributed by atoms with Gasteiger partial charge in [0.2, 0.25) is 0 Å². The van der Waals surface area contributed by atoms with Crippen LogP contribution in [0.3, 0.4) is 0 Å². The van der Waals surface area contributed by atoms with E-state index in [1.807, 2.05) is 0 Å². The van der Waals surface area contributed by atoms with Gasteiger partial charge in [0.1, 0.15) is 28.9 Å². The van der Waals surface area contributed by atoms with Crippen molar-refractivity contribution in [3.05, 3.63) is 29.2 Å². The fourth-order valence-electron chi connectivity index (χ4n) is 1.71. The number of hydrogen-bond donors (Lipinski definition) is 2. The van der Waals surface area contributed by atoms with E-state index >= 15 is 0 Å². The lowest BCUT2D eigenvalue weighted by atomic mass is 10.3. The quantitative estimate of drug-likeness (QED) is 0.601. The second kappa shape index (κ2) is 7.04. The predicted molar refractivity (Wildman–Crippen MR) is 74.2 cm³/mol. The van der Waals surface area contributed by atoms with E-state index in [4.69, 9.17) is 11.6 Å². The Hall–Kier alpha value is -1.69. The van der Waals surface area contributed by atoms with Gasteiger partial charge in [0.25, 0.3) is 0 Å². The first-order valence-electron chi connectivity index (χ1n) is 6.39. The predicted octanol–water partition coefficient (Wildman–Crippen LogP) is 2.25. The molecule has 0 unspecified atom stereocenters. The van der Waals surface area contributed by atoms with Crippen molar-refractivity contribution >= 4 is 17.4 Å². The Labute approximate surface area is 117 Å². The van der Waals surface area contributed by atoms with Crippen molar-refractivity contribution in [2.75, 3.05) is 11.9 Å². The lowest BCUT2D eigenvalue weighted by Gasteiger charge is -2.07. The van der Waals surface area contributed by atoms with Gasteiger partial charge in [0.05, 0.1) is 0 Å². The molecular weight excluding hydrogens is 264 g/mol. The molecule has 19 heavy (non-hydrogen) atoms. The van der Waals surface area contributed by atoms with E-state index in [0.717, 1.165) is 49.7 Å². The number of aromatic amines is 1. The number of halogens is 1. The summed E-state index contributed by atoms with van der Waals surface area (Å²) < 4.78 is 0. The van der Waals surface area contributed by atoms with E-state index in [9.17, 15) is 0 Å². The maximum absolute atomic E-state index is 5.97. The van der Waals surface area contributed by atoms with Gasteiger partial charge in [0, 0.05) is 25.5 Å². The molecule has 102 valence electrons. The topological polar surface area (TPSA) is 79.4 Å². The summed E-state index contributed by atoms with van der Waals surface area (Å²) in [6.07, 6.45) is 5.16. The summed E-state index contributed by atoms with van der Waals surface area (Å²) in [5, 5.41) is 10.4. The van der Waals surface area contributed by atoms with Gasteiger partial charge in [-0.3, -0.25) is 5.10 Å². The molecule has 2 aromatic heterocycles. The third kappa shape index (κ3) is 4.48. The Balaban J connectivity index is 1.81. The third-order valence-electron chi connectivity index (χ3n) is 2.58. The minimum atomic E-state index is 0.483. The highest BCUT2D eigenvalue weighted by molar-refractivity contribution is 6.29. The fourth-order valence-corrected chi connectivity index (χ4v) is 1.92. The maximum Gasteiger partial charge on any atom is 0.137 e. The summed E-state index contributed by atoms with van der Waals surface area (Å²) in [6.45, 7) is 2.90. The Morgan fingerprint density at radius 1 is 1.32 bits per heavy atom. The number of rotatable bonds is 7. The summed E-state index contributed by atoms with van der Waals surface area (Å²) in [7, 11) is 0. The van der Waals surface area contributed by atoms with E-state index in [0.29, 0.717) is 5.15 Å². The molecule has 2 heterocycles. The van der Waals surface area contributed by atoms with Gasteiger partial charge in [-0.1, -0.05) is 18.5 Å². The van der Waals surface area contributed by atoms with Crippen molar-refractivity contribution in [2.45, 2.75) is 32.6 Å². The molecule has 0 saturated heterocycles. The fraction of sp³-hybridized carbons (Fsp3) is 0.500. The van der Waals surface area contributed by atoms with Crippen LogP contribution < -0.4 is 5.32 Å². The lowest BCUT2D eigenvalue weighted by molar-refractivity contribution is 0.796. The van der Waals surface area contributed by atoms with Crippen molar-refractivity contribution in [2.24, 2.45) is 0 Å². The largest absolute Gasteiger partial charge is 0.370 e. The standard InChI is InChI=1S/C12H17ClN6/c1-2-4-11-17-9(13)7-12(18-11)14-6-3-5-10-15-8-16-19-10/h7-8H,2-6H2,1H3,(H,14,17,18)(H,15,16,19). The highest BCUT2D eigenvalue weighted by Crippen LogP contribution is 2.12. The zero-order valence-corrected chi connectivity index (χ0v) is 11.6. The van der Waals surface area contributed by atoms with Gasteiger partial charge in [0.15, 0.2) is 0 Å². The molecule has 0 aromatic carbocycles. The molecule has 0 saturated carbocycles. The van der Waals surface area contributed by atoms with Crippen LogP contribution in [0.1, 0.15) is 31.4 Å². The minimum absolute atomic E-state index is 0.483. The summed E-state index contributed by atoms with van der Waals surface area (Å²) >= 11 is 5.97. The highest BCUT2D eigenvalue weighted by atomic mass is 35.5. The van der Waals surface area contributed by atoms with E-state index in [1.165, 1.54) is 6.33 Å². The molecule has 2 aromatic rings. The molecule has 0 radical (unpaired) electrons. The average molecular weight is 281 g/mol. The first-order valence-corrected chi connectivity index (χ1v) is 6.77. The molecule has 2 N–H and O–H groups in total. The van der Waals surface area contributed by atoms with Crippen LogP contribution in [0.15, 0.2) is 12.4 Å².